The second-order valence-corrected chi connectivity index (χ2v) is 5.28. The molecule has 3 rings (SSSR count). The van der Waals surface area contributed by atoms with E-state index in [9.17, 15) is 14.9 Å². The number of carbonyl (C=O) groups excluding carboxylic acids is 1. The molecule has 2 aromatic heterocycles. The molecule has 0 aliphatic carbocycles. The van der Waals surface area contributed by atoms with E-state index < -0.39 is 4.92 Å². The predicted octanol–water partition coefficient (Wildman–Crippen LogP) is 2.96. The normalized spacial score (nSPS) is 11.0. The Hall–Kier alpha value is -2.96. The number of ketones is 1. The number of hydrogen-bond donors (Lipinski definition) is 0. The average molecular weight is 312 g/mol. The van der Waals surface area contributed by atoms with E-state index >= 15 is 0 Å². The first-order valence-corrected chi connectivity index (χ1v) is 7.30. The third kappa shape index (κ3) is 2.50. The number of nitrogens with zero attached hydrogens (tertiary/aromatic N) is 4. The second-order valence-electron chi connectivity index (χ2n) is 5.28. The highest BCUT2D eigenvalue weighted by molar-refractivity contribution is 6.08. The molecule has 0 radical (unpaired) electrons. The van der Waals surface area contributed by atoms with Crippen molar-refractivity contribution in [2.75, 3.05) is 0 Å². The lowest BCUT2D eigenvalue weighted by Gasteiger charge is -2.02. The minimum absolute atomic E-state index is 0.0974. The van der Waals surface area contributed by atoms with E-state index in [0.717, 1.165) is 17.4 Å². The van der Waals surface area contributed by atoms with Crippen LogP contribution in [-0.2, 0) is 13.1 Å². The monoisotopic (exact) mass is 312 g/mol. The van der Waals surface area contributed by atoms with Crippen molar-refractivity contribution in [2.45, 2.75) is 26.9 Å². The molecule has 7 nitrogen and oxygen atoms in total. The Morgan fingerprint density at radius 2 is 2.09 bits per heavy atom. The van der Waals surface area contributed by atoms with Crippen LogP contribution in [0.25, 0.3) is 10.9 Å². The van der Waals surface area contributed by atoms with Crippen LogP contribution in [0, 0.1) is 17.0 Å². The van der Waals surface area contributed by atoms with Crippen molar-refractivity contribution >= 4 is 22.5 Å². The lowest BCUT2D eigenvalue weighted by molar-refractivity contribution is -0.392. The first-order valence-electron chi connectivity index (χ1n) is 7.30. The molecule has 0 bridgehead atoms. The smallest absolute Gasteiger partial charge is 0.343 e. The zero-order valence-electron chi connectivity index (χ0n) is 12.9. The van der Waals surface area contributed by atoms with Crippen LogP contribution in [0.5, 0.6) is 0 Å². The highest BCUT2D eigenvalue weighted by Crippen LogP contribution is 2.23. The number of fused-ring (bicyclic) bond motifs is 1. The topological polar surface area (TPSA) is 83.0 Å². The van der Waals surface area contributed by atoms with Gasteiger partial charge in [0, 0.05) is 36.1 Å². The number of aryl methyl sites for hydroxylation is 2. The maximum Gasteiger partial charge on any atom is 0.343 e. The molecule has 2 heterocycles. The summed E-state index contributed by atoms with van der Waals surface area (Å²) in [5.74, 6) is 0.108. The number of carbonyl (C=O) groups is 1. The van der Waals surface area contributed by atoms with E-state index in [0.29, 0.717) is 11.4 Å². The van der Waals surface area contributed by atoms with Crippen molar-refractivity contribution in [1.29, 1.82) is 0 Å². The van der Waals surface area contributed by atoms with Crippen LogP contribution >= 0.6 is 0 Å². The van der Waals surface area contributed by atoms with E-state index in [4.69, 9.17) is 0 Å². The van der Waals surface area contributed by atoms with E-state index in [1.807, 2.05) is 42.0 Å². The fourth-order valence-corrected chi connectivity index (χ4v) is 2.76. The molecule has 0 atom stereocenters. The highest BCUT2D eigenvalue weighted by atomic mass is 16.6. The summed E-state index contributed by atoms with van der Waals surface area (Å²) >= 11 is 0. The van der Waals surface area contributed by atoms with Crippen molar-refractivity contribution in [2.24, 2.45) is 0 Å². The first kappa shape index (κ1) is 15.0. The van der Waals surface area contributed by atoms with Crippen molar-refractivity contribution < 1.29 is 9.72 Å². The molecule has 0 amide bonds. The second kappa shape index (κ2) is 5.68. The molecule has 118 valence electrons. The van der Waals surface area contributed by atoms with Crippen molar-refractivity contribution in [3.8, 4) is 0 Å². The minimum Gasteiger partial charge on any atom is -0.358 e. The Bertz CT molecular complexity index is 907. The van der Waals surface area contributed by atoms with Crippen LogP contribution in [0.2, 0.25) is 0 Å². The number of aromatic nitrogens is 3. The van der Waals surface area contributed by atoms with Crippen LogP contribution in [-0.4, -0.2) is 24.8 Å². The fourth-order valence-electron chi connectivity index (χ4n) is 2.76. The Morgan fingerprint density at radius 3 is 2.78 bits per heavy atom. The fraction of sp³-hybridized carbons (Fsp3) is 0.250. The molecule has 0 fully saturated rings. The minimum atomic E-state index is -0.525. The highest BCUT2D eigenvalue weighted by Gasteiger charge is 2.23. The summed E-state index contributed by atoms with van der Waals surface area (Å²) in [5.41, 5.74) is 1.56. The van der Waals surface area contributed by atoms with Crippen LogP contribution in [0.15, 0.2) is 36.7 Å². The number of rotatable bonds is 5. The van der Waals surface area contributed by atoms with Gasteiger partial charge in [-0.1, -0.05) is 18.2 Å². The van der Waals surface area contributed by atoms with Gasteiger partial charge in [-0.15, -0.1) is 0 Å². The predicted molar refractivity (Wildman–Crippen MR) is 85.6 cm³/mol. The van der Waals surface area contributed by atoms with Crippen LogP contribution < -0.4 is 0 Å². The summed E-state index contributed by atoms with van der Waals surface area (Å²) in [6.45, 7) is 4.30. The van der Waals surface area contributed by atoms with Gasteiger partial charge in [0.05, 0.1) is 0 Å². The average Bonchev–Trinajstić information content (AvgIpc) is 3.09. The van der Waals surface area contributed by atoms with Gasteiger partial charge in [0.2, 0.25) is 5.78 Å². The molecule has 0 spiro atoms. The van der Waals surface area contributed by atoms with Gasteiger partial charge in [-0.25, -0.2) is 9.55 Å². The lowest BCUT2D eigenvalue weighted by atomic mass is 10.1. The third-order valence-electron chi connectivity index (χ3n) is 3.95. The molecule has 0 aliphatic rings. The number of Topliss-reactive ketones (excluding diaryl/α,β-unsaturated/α-hetero) is 1. The van der Waals surface area contributed by atoms with Crippen LogP contribution in [0.3, 0.4) is 0 Å². The molecule has 7 heteroatoms. The van der Waals surface area contributed by atoms with Crippen molar-refractivity contribution in [3.05, 3.63) is 58.2 Å². The summed E-state index contributed by atoms with van der Waals surface area (Å²) in [4.78, 5) is 27.1. The largest absolute Gasteiger partial charge is 0.358 e. The zero-order chi connectivity index (χ0) is 16.6. The van der Waals surface area contributed by atoms with Crippen molar-refractivity contribution in [3.63, 3.8) is 0 Å². The molecule has 1 aromatic carbocycles. The van der Waals surface area contributed by atoms with Gasteiger partial charge < -0.3 is 14.7 Å². The summed E-state index contributed by atoms with van der Waals surface area (Å²) in [6, 6.07) is 7.65. The van der Waals surface area contributed by atoms with Gasteiger partial charge in [-0.05, 0) is 17.9 Å². The molecule has 0 N–H and O–H groups in total. The Balaban J connectivity index is 2.02. The van der Waals surface area contributed by atoms with E-state index in [-0.39, 0.29) is 18.1 Å². The third-order valence-corrected chi connectivity index (χ3v) is 3.95. The maximum absolute atomic E-state index is 12.7. The summed E-state index contributed by atoms with van der Waals surface area (Å²) in [5, 5.41) is 11.9. The number of hydrogen-bond acceptors (Lipinski definition) is 4. The molecular weight excluding hydrogens is 296 g/mol. The Labute approximate surface area is 132 Å². The van der Waals surface area contributed by atoms with Gasteiger partial charge in [0.15, 0.2) is 12.4 Å². The molecular formula is C16H16N4O3. The molecule has 0 saturated carbocycles. The lowest BCUT2D eigenvalue weighted by Crippen LogP contribution is -2.13. The Kier molecular flexibility index (Phi) is 3.69. The Morgan fingerprint density at radius 1 is 1.35 bits per heavy atom. The van der Waals surface area contributed by atoms with E-state index in [2.05, 4.69) is 4.98 Å². The summed E-state index contributed by atoms with van der Waals surface area (Å²) in [6.07, 6.45) is 2.99. The first-order chi connectivity index (χ1) is 11.0. The molecule has 23 heavy (non-hydrogen) atoms. The van der Waals surface area contributed by atoms with Gasteiger partial charge in [0.1, 0.15) is 6.20 Å². The molecule has 0 saturated heterocycles. The summed E-state index contributed by atoms with van der Waals surface area (Å²) in [7, 11) is 0. The van der Waals surface area contributed by atoms with Gasteiger partial charge in [-0.3, -0.25) is 4.79 Å². The SMILES string of the molecule is CCn1cc(C(=O)Cn2c([N+](=O)[O-])cnc2C)c2ccccc21. The number of nitro groups is 1. The van der Waals surface area contributed by atoms with Crippen molar-refractivity contribution in [1.82, 2.24) is 14.1 Å². The molecule has 0 aliphatic heterocycles. The zero-order valence-corrected chi connectivity index (χ0v) is 12.9. The molecule has 0 unspecified atom stereocenters. The number of para-hydroxylation sites is 1. The van der Waals surface area contributed by atoms with E-state index in [1.165, 1.54) is 10.8 Å². The summed E-state index contributed by atoms with van der Waals surface area (Å²) < 4.78 is 3.33. The number of benzene rings is 1. The van der Waals surface area contributed by atoms with Crippen LogP contribution in [0.4, 0.5) is 5.82 Å². The standard InChI is InChI=1S/C16H16N4O3/c1-3-18-9-13(12-6-4-5-7-14(12)18)15(21)10-19-11(2)17-8-16(19)20(22)23/h4-9H,3,10H2,1-2H3. The van der Waals surface area contributed by atoms with E-state index in [1.54, 1.807) is 6.92 Å². The number of imidazole rings is 1. The van der Waals surface area contributed by atoms with Gasteiger partial charge in [0.25, 0.3) is 0 Å². The van der Waals surface area contributed by atoms with Crippen LogP contribution in [0.1, 0.15) is 23.1 Å². The molecule has 3 aromatic rings. The van der Waals surface area contributed by atoms with Gasteiger partial charge in [-0.2, -0.15) is 0 Å². The quantitative estimate of drug-likeness (QED) is 0.412. The van der Waals surface area contributed by atoms with Gasteiger partial charge >= 0.3 is 5.82 Å². The maximum atomic E-state index is 12.7.